The van der Waals surface area contributed by atoms with E-state index in [4.69, 9.17) is 4.74 Å². The van der Waals surface area contributed by atoms with Gasteiger partial charge in [0.25, 0.3) is 0 Å². The first-order valence-corrected chi connectivity index (χ1v) is 9.98. The number of rotatable bonds is 7. The van der Waals surface area contributed by atoms with Crippen LogP contribution in [0, 0.1) is 0 Å². The summed E-state index contributed by atoms with van der Waals surface area (Å²) < 4.78 is 5.19. The number of ether oxygens (including phenoxy) is 1. The van der Waals surface area contributed by atoms with Gasteiger partial charge in [0.05, 0.1) is 12.2 Å². The molecule has 0 radical (unpaired) electrons. The highest BCUT2D eigenvalue weighted by Crippen LogP contribution is 2.38. The first-order valence-electron chi connectivity index (χ1n) is 7.77. The molecule has 122 valence electrons. The zero-order valence-electron chi connectivity index (χ0n) is 13.2. The van der Waals surface area contributed by atoms with E-state index in [1.54, 1.807) is 30.0 Å². The van der Waals surface area contributed by atoms with E-state index in [9.17, 15) is 9.59 Å². The van der Waals surface area contributed by atoms with Gasteiger partial charge in [0.1, 0.15) is 5.00 Å². The van der Waals surface area contributed by atoms with Crippen molar-refractivity contribution < 1.29 is 14.3 Å². The number of hydrogen-bond acceptors (Lipinski definition) is 5. The Bertz CT molecular complexity index is 540. The summed E-state index contributed by atoms with van der Waals surface area (Å²) in [5.41, 5.74) is 1.69. The van der Waals surface area contributed by atoms with Gasteiger partial charge in [-0.05, 0) is 56.6 Å². The van der Waals surface area contributed by atoms with Crippen LogP contribution in [0.4, 0.5) is 5.00 Å². The van der Waals surface area contributed by atoms with E-state index < -0.39 is 0 Å². The fraction of sp³-hybridized carbons (Fsp3) is 0.625. The monoisotopic (exact) mass is 341 g/mol. The van der Waals surface area contributed by atoms with Gasteiger partial charge in [-0.25, -0.2) is 4.79 Å². The minimum absolute atomic E-state index is 0.0156. The van der Waals surface area contributed by atoms with E-state index >= 15 is 0 Å². The second kappa shape index (κ2) is 8.58. The van der Waals surface area contributed by atoms with Crippen molar-refractivity contribution in [2.45, 2.75) is 45.4 Å². The molecule has 0 atom stereocenters. The van der Waals surface area contributed by atoms with Crippen molar-refractivity contribution in [2.75, 3.05) is 23.9 Å². The molecule has 22 heavy (non-hydrogen) atoms. The molecule has 6 heteroatoms. The molecule has 1 heterocycles. The molecular weight excluding hydrogens is 318 g/mol. The van der Waals surface area contributed by atoms with Gasteiger partial charge >= 0.3 is 5.97 Å². The standard InChI is InChI=1S/C16H23NO3S2/c1-3-20-16(19)14-11-7-4-5-8-12(11)22-15(14)17-13(18)9-6-10-21-2/h3-10H2,1-2H3,(H,17,18). The Morgan fingerprint density at radius 1 is 1.32 bits per heavy atom. The molecule has 0 saturated heterocycles. The number of anilines is 1. The van der Waals surface area contributed by atoms with Gasteiger partial charge in [0, 0.05) is 11.3 Å². The number of thioether (sulfide) groups is 1. The fourth-order valence-corrected chi connectivity index (χ4v) is 4.37. The van der Waals surface area contributed by atoms with Crippen LogP contribution in [0.25, 0.3) is 0 Å². The van der Waals surface area contributed by atoms with Crippen molar-refractivity contribution in [2.24, 2.45) is 0 Å². The van der Waals surface area contributed by atoms with Gasteiger partial charge in [-0.2, -0.15) is 11.8 Å². The van der Waals surface area contributed by atoms with Crippen LogP contribution in [-0.4, -0.2) is 30.5 Å². The van der Waals surface area contributed by atoms with E-state index in [1.807, 2.05) is 6.26 Å². The fourth-order valence-electron chi connectivity index (χ4n) is 2.64. The molecule has 0 aromatic carbocycles. The Balaban J connectivity index is 2.17. The van der Waals surface area contributed by atoms with Gasteiger partial charge in [0.15, 0.2) is 0 Å². The lowest BCUT2D eigenvalue weighted by atomic mass is 9.95. The van der Waals surface area contributed by atoms with Crippen LogP contribution in [0.5, 0.6) is 0 Å². The maximum absolute atomic E-state index is 12.3. The summed E-state index contributed by atoms with van der Waals surface area (Å²) in [5.74, 6) is 0.651. The van der Waals surface area contributed by atoms with E-state index in [1.165, 1.54) is 4.88 Å². The van der Waals surface area contributed by atoms with E-state index in [2.05, 4.69) is 5.32 Å². The summed E-state index contributed by atoms with van der Waals surface area (Å²) in [4.78, 5) is 25.6. The SMILES string of the molecule is CCOC(=O)c1c(NC(=O)CCCSC)sc2c1CCCC2. The van der Waals surface area contributed by atoms with Crippen LogP contribution >= 0.6 is 23.1 Å². The van der Waals surface area contributed by atoms with Gasteiger partial charge in [-0.15, -0.1) is 11.3 Å². The molecule has 2 rings (SSSR count). The molecule has 4 nitrogen and oxygen atoms in total. The minimum atomic E-state index is -0.304. The number of amides is 1. The van der Waals surface area contributed by atoms with Crippen LogP contribution < -0.4 is 5.32 Å². The van der Waals surface area contributed by atoms with Crippen LogP contribution in [0.3, 0.4) is 0 Å². The number of hydrogen-bond donors (Lipinski definition) is 1. The Kier molecular flexibility index (Phi) is 6.76. The number of fused-ring (bicyclic) bond motifs is 1. The lowest BCUT2D eigenvalue weighted by molar-refractivity contribution is -0.116. The Labute approximate surface area is 140 Å². The number of esters is 1. The zero-order valence-corrected chi connectivity index (χ0v) is 14.8. The van der Waals surface area contributed by atoms with Crippen molar-refractivity contribution in [3.05, 3.63) is 16.0 Å². The Morgan fingerprint density at radius 3 is 2.82 bits per heavy atom. The number of carbonyl (C=O) groups excluding carboxylic acids is 2. The summed E-state index contributed by atoms with van der Waals surface area (Å²) >= 11 is 3.28. The van der Waals surface area contributed by atoms with Crippen molar-refractivity contribution in [1.82, 2.24) is 0 Å². The third kappa shape index (κ3) is 4.26. The molecule has 0 bridgehead atoms. The smallest absolute Gasteiger partial charge is 0.341 e. The molecule has 0 unspecified atom stereocenters. The Morgan fingerprint density at radius 2 is 2.09 bits per heavy atom. The number of thiophene rings is 1. The molecular formula is C16H23NO3S2. The van der Waals surface area contributed by atoms with Gasteiger partial charge in [-0.3, -0.25) is 4.79 Å². The maximum Gasteiger partial charge on any atom is 0.341 e. The van der Waals surface area contributed by atoms with Gasteiger partial charge in [-0.1, -0.05) is 0 Å². The van der Waals surface area contributed by atoms with Crippen LogP contribution in [0.1, 0.15) is 53.4 Å². The molecule has 1 amide bonds. The van der Waals surface area contributed by atoms with E-state index in [0.717, 1.165) is 43.4 Å². The molecule has 1 N–H and O–H groups in total. The average Bonchev–Trinajstić information content (AvgIpc) is 2.85. The average molecular weight is 341 g/mol. The lowest BCUT2D eigenvalue weighted by Crippen LogP contribution is -2.15. The summed E-state index contributed by atoms with van der Waals surface area (Å²) in [6.45, 7) is 2.15. The van der Waals surface area contributed by atoms with Crippen molar-refractivity contribution in [3.8, 4) is 0 Å². The largest absolute Gasteiger partial charge is 0.462 e. The number of nitrogens with one attached hydrogen (secondary N) is 1. The molecule has 0 spiro atoms. The highest BCUT2D eigenvalue weighted by molar-refractivity contribution is 7.98. The molecule has 1 aliphatic carbocycles. The molecule has 1 aromatic heterocycles. The summed E-state index contributed by atoms with van der Waals surface area (Å²) in [6, 6.07) is 0. The Hall–Kier alpha value is -1.01. The molecule has 1 aromatic rings. The molecule has 0 saturated carbocycles. The minimum Gasteiger partial charge on any atom is -0.462 e. The number of carbonyl (C=O) groups is 2. The van der Waals surface area contributed by atoms with Crippen LogP contribution in [0.2, 0.25) is 0 Å². The highest BCUT2D eigenvalue weighted by atomic mass is 32.2. The van der Waals surface area contributed by atoms with E-state index in [-0.39, 0.29) is 11.9 Å². The van der Waals surface area contributed by atoms with Crippen molar-refractivity contribution in [1.29, 1.82) is 0 Å². The maximum atomic E-state index is 12.3. The second-order valence-corrected chi connectivity index (χ2v) is 7.37. The topological polar surface area (TPSA) is 55.4 Å². The molecule has 0 aliphatic heterocycles. The van der Waals surface area contributed by atoms with Crippen LogP contribution in [0.15, 0.2) is 0 Å². The first kappa shape index (κ1) is 17.3. The zero-order chi connectivity index (χ0) is 15.9. The predicted molar refractivity (Wildman–Crippen MR) is 93.2 cm³/mol. The normalized spacial score (nSPS) is 13.5. The van der Waals surface area contributed by atoms with Crippen molar-refractivity contribution >= 4 is 40.0 Å². The predicted octanol–water partition coefficient (Wildman–Crippen LogP) is 3.89. The highest BCUT2D eigenvalue weighted by Gasteiger charge is 2.27. The van der Waals surface area contributed by atoms with Gasteiger partial charge in [0.2, 0.25) is 5.91 Å². The third-order valence-electron chi connectivity index (χ3n) is 3.66. The van der Waals surface area contributed by atoms with Crippen LogP contribution in [-0.2, 0) is 22.4 Å². The van der Waals surface area contributed by atoms with E-state index in [0.29, 0.717) is 23.6 Å². The number of aryl methyl sites for hydroxylation is 1. The first-order chi connectivity index (χ1) is 10.7. The summed E-state index contributed by atoms with van der Waals surface area (Å²) in [5, 5.41) is 3.62. The summed E-state index contributed by atoms with van der Waals surface area (Å²) in [7, 11) is 0. The van der Waals surface area contributed by atoms with Gasteiger partial charge < -0.3 is 10.1 Å². The van der Waals surface area contributed by atoms with Crippen molar-refractivity contribution in [3.63, 3.8) is 0 Å². The lowest BCUT2D eigenvalue weighted by Gasteiger charge is -2.12. The second-order valence-electron chi connectivity index (χ2n) is 5.28. The third-order valence-corrected chi connectivity index (χ3v) is 5.56. The quantitative estimate of drug-likeness (QED) is 0.604. The molecule has 1 aliphatic rings. The molecule has 0 fully saturated rings. The summed E-state index contributed by atoms with van der Waals surface area (Å²) in [6.07, 6.45) is 7.52.